The third-order valence-electron chi connectivity index (χ3n) is 5.36. The quantitative estimate of drug-likeness (QED) is 0.501. The first-order chi connectivity index (χ1) is 15.9. The van der Waals surface area contributed by atoms with Gasteiger partial charge >= 0.3 is 0 Å². The zero-order chi connectivity index (χ0) is 23.2. The molecule has 170 valence electrons. The van der Waals surface area contributed by atoms with E-state index in [0.29, 0.717) is 23.9 Å². The fraction of sp³-hybridized carbons (Fsp3) is 0.259. The van der Waals surface area contributed by atoms with Crippen LogP contribution in [0.4, 0.5) is 5.69 Å². The molecule has 33 heavy (non-hydrogen) atoms. The summed E-state index contributed by atoms with van der Waals surface area (Å²) < 4.78 is 5.85. The number of hydrogen-bond acceptors (Lipinski definition) is 4. The molecule has 1 aliphatic carbocycles. The minimum absolute atomic E-state index is 0.0212. The number of aryl methyl sites for hydroxylation is 1. The van der Waals surface area contributed by atoms with Crippen LogP contribution in [0.25, 0.3) is 0 Å². The van der Waals surface area contributed by atoms with Gasteiger partial charge in [0, 0.05) is 23.8 Å². The molecule has 6 nitrogen and oxygen atoms in total. The van der Waals surface area contributed by atoms with E-state index in [4.69, 9.17) is 4.74 Å². The molecule has 4 rings (SSSR count). The van der Waals surface area contributed by atoms with E-state index in [-0.39, 0.29) is 18.4 Å². The topological polar surface area (TPSA) is 70.7 Å². The molecule has 1 aliphatic rings. The molecule has 3 aromatic carbocycles. The van der Waals surface area contributed by atoms with Crippen molar-refractivity contribution in [2.45, 2.75) is 32.4 Å². The summed E-state index contributed by atoms with van der Waals surface area (Å²) in [7, 11) is 1.89. The van der Waals surface area contributed by atoms with Crippen molar-refractivity contribution in [2.75, 3.05) is 18.9 Å². The first-order valence-electron chi connectivity index (χ1n) is 11.2. The van der Waals surface area contributed by atoms with Gasteiger partial charge in [-0.1, -0.05) is 24.3 Å². The molecule has 1 saturated carbocycles. The van der Waals surface area contributed by atoms with Crippen molar-refractivity contribution in [1.29, 1.82) is 0 Å². The predicted molar refractivity (Wildman–Crippen MR) is 130 cm³/mol. The zero-order valence-corrected chi connectivity index (χ0v) is 19.0. The molecule has 0 aromatic heterocycles. The van der Waals surface area contributed by atoms with E-state index in [1.54, 1.807) is 0 Å². The number of amides is 2. The summed E-state index contributed by atoms with van der Waals surface area (Å²) in [5.41, 5.74) is 3.57. The Kier molecular flexibility index (Phi) is 7.05. The highest BCUT2D eigenvalue weighted by Gasteiger charge is 2.23. The zero-order valence-electron chi connectivity index (χ0n) is 19.0. The number of likely N-dealkylation sites (N-methyl/N-ethyl adjacent to an activating group) is 1. The Morgan fingerprint density at radius 1 is 0.970 bits per heavy atom. The average molecular weight is 444 g/mol. The molecular weight excluding hydrogens is 414 g/mol. The molecule has 0 heterocycles. The molecule has 0 spiro atoms. The van der Waals surface area contributed by atoms with Crippen molar-refractivity contribution in [3.63, 3.8) is 0 Å². The Hall–Kier alpha value is -3.64. The van der Waals surface area contributed by atoms with E-state index in [1.165, 1.54) is 0 Å². The molecule has 3 aromatic rings. The maximum atomic E-state index is 12.4. The van der Waals surface area contributed by atoms with E-state index >= 15 is 0 Å². The van der Waals surface area contributed by atoms with Crippen LogP contribution < -0.4 is 15.4 Å². The number of rotatable bonds is 9. The SMILES string of the molecule is Cc1cccc(Oc2ccc(NC(=O)CN(C)Cc3ccc(C(=O)NC4CC4)cc3)cc2)c1. The highest BCUT2D eigenvalue weighted by atomic mass is 16.5. The highest BCUT2D eigenvalue weighted by molar-refractivity contribution is 5.94. The first-order valence-corrected chi connectivity index (χ1v) is 11.2. The van der Waals surface area contributed by atoms with Crippen LogP contribution in [-0.2, 0) is 11.3 Å². The standard InChI is InChI=1S/C27H29N3O3/c1-19-4-3-5-25(16-19)33-24-14-12-22(13-15-24)28-26(31)18-30(2)17-20-6-8-21(9-7-20)27(32)29-23-10-11-23/h3-9,12-16,23H,10-11,17-18H2,1-2H3,(H,28,31)(H,29,32). The molecule has 6 heteroatoms. The van der Waals surface area contributed by atoms with Crippen molar-refractivity contribution in [1.82, 2.24) is 10.2 Å². The second-order valence-electron chi connectivity index (χ2n) is 8.61. The van der Waals surface area contributed by atoms with Gasteiger partial charge in [0.2, 0.25) is 5.91 Å². The Bertz CT molecular complexity index is 1110. The fourth-order valence-corrected chi connectivity index (χ4v) is 3.49. The maximum Gasteiger partial charge on any atom is 0.251 e. The summed E-state index contributed by atoms with van der Waals surface area (Å²) in [6.07, 6.45) is 2.14. The Labute approximate surface area is 194 Å². The van der Waals surface area contributed by atoms with Crippen LogP contribution in [0.2, 0.25) is 0 Å². The lowest BCUT2D eigenvalue weighted by atomic mass is 10.1. The van der Waals surface area contributed by atoms with Crippen LogP contribution in [0.15, 0.2) is 72.8 Å². The number of nitrogens with one attached hydrogen (secondary N) is 2. The second-order valence-corrected chi connectivity index (χ2v) is 8.61. The largest absolute Gasteiger partial charge is 0.457 e. The van der Waals surface area contributed by atoms with Crippen molar-refractivity contribution in [3.05, 3.63) is 89.5 Å². The van der Waals surface area contributed by atoms with Crippen molar-refractivity contribution < 1.29 is 14.3 Å². The van der Waals surface area contributed by atoms with Crippen molar-refractivity contribution in [2.24, 2.45) is 0 Å². The van der Waals surface area contributed by atoms with Crippen LogP contribution in [0.5, 0.6) is 11.5 Å². The molecule has 0 radical (unpaired) electrons. The predicted octanol–water partition coefficient (Wildman–Crippen LogP) is 4.75. The lowest BCUT2D eigenvalue weighted by Gasteiger charge is -2.17. The van der Waals surface area contributed by atoms with E-state index in [0.717, 1.165) is 35.4 Å². The maximum absolute atomic E-state index is 12.4. The van der Waals surface area contributed by atoms with Crippen LogP contribution in [0.1, 0.15) is 34.3 Å². The van der Waals surface area contributed by atoms with E-state index in [1.807, 2.05) is 91.7 Å². The summed E-state index contributed by atoms with van der Waals surface area (Å²) in [5, 5.41) is 5.90. The van der Waals surface area contributed by atoms with Gasteiger partial charge in [-0.2, -0.15) is 0 Å². The molecule has 2 amide bonds. The minimum Gasteiger partial charge on any atom is -0.457 e. The number of anilines is 1. The number of ether oxygens (including phenoxy) is 1. The van der Waals surface area contributed by atoms with E-state index < -0.39 is 0 Å². The lowest BCUT2D eigenvalue weighted by molar-refractivity contribution is -0.117. The summed E-state index contributed by atoms with van der Waals surface area (Å²) in [5.74, 6) is 1.38. The normalized spacial score (nSPS) is 12.9. The van der Waals surface area contributed by atoms with Crippen molar-refractivity contribution >= 4 is 17.5 Å². The van der Waals surface area contributed by atoms with Gasteiger partial charge in [-0.15, -0.1) is 0 Å². The fourth-order valence-electron chi connectivity index (χ4n) is 3.49. The second kappa shape index (κ2) is 10.3. The first kappa shape index (κ1) is 22.6. The van der Waals surface area contributed by atoms with Gasteiger partial charge in [-0.3, -0.25) is 14.5 Å². The number of hydrogen-bond donors (Lipinski definition) is 2. The Morgan fingerprint density at radius 3 is 2.36 bits per heavy atom. The van der Waals surface area contributed by atoms with Gasteiger partial charge in [0.15, 0.2) is 0 Å². The smallest absolute Gasteiger partial charge is 0.251 e. The molecule has 0 atom stereocenters. The highest BCUT2D eigenvalue weighted by Crippen LogP contribution is 2.24. The molecule has 0 aliphatic heterocycles. The summed E-state index contributed by atoms with van der Waals surface area (Å²) in [6, 6.07) is 23.1. The van der Waals surface area contributed by atoms with Gasteiger partial charge in [0.1, 0.15) is 11.5 Å². The molecule has 0 bridgehead atoms. The van der Waals surface area contributed by atoms with Gasteiger partial charge in [0.25, 0.3) is 5.91 Å². The lowest BCUT2D eigenvalue weighted by Crippen LogP contribution is -2.30. The monoisotopic (exact) mass is 443 g/mol. The van der Waals surface area contributed by atoms with Gasteiger partial charge in [-0.05, 0) is 86.5 Å². The third kappa shape index (κ3) is 6.92. The van der Waals surface area contributed by atoms with Crippen LogP contribution in [-0.4, -0.2) is 36.3 Å². The summed E-state index contributed by atoms with van der Waals surface area (Å²) >= 11 is 0. The Morgan fingerprint density at radius 2 is 1.70 bits per heavy atom. The molecule has 1 fully saturated rings. The van der Waals surface area contributed by atoms with E-state index in [2.05, 4.69) is 10.6 Å². The summed E-state index contributed by atoms with van der Waals surface area (Å²) in [6.45, 7) is 2.89. The number of nitrogens with zero attached hydrogens (tertiary/aromatic N) is 1. The molecule has 2 N–H and O–H groups in total. The van der Waals surface area contributed by atoms with Gasteiger partial charge in [-0.25, -0.2) is 0 Å². The third-order valence-corrected chi connectivity index (χ3v) is 5.36. The molecular formula is C27H29N3O3. The number of carbonyl (C=O) groups is 2. The summed E-state index contributed by atoms with van der Waals surface area (Å²) in [4.78, 5) is 26.5. The molecule has 0 unspecified atom stereocenters. The van der Waals surface area contributed by atoms with Gasteiger partial charge in [0.05, 0.1) is 6.54 Å². The number of carbonyl (C=O) groups excluding carboxylic acids is 2. The van der Waals surface area contributed by atoms with Gasteiger partial charge < -0.3 is 15.4 Å². The Balaban J connectivity index is 1.23. The van der Waals surface area contributed by atoms with Crippen LogP contribution >= 0.6 is 0 Å². The van der Waals surface area contributed by atoms with Crippen LogP contribution in [0.3, 0.4) is 0 Å². The number of benzene rings is 3. The molecule has 0 saturated heterocycles. The average Bonchev–Trinajstić information content (AvgIpc) is 3.59. The van der Waals surface area contributed by atoms with Crippen LogP contribution in [0, 0.1) is 6.92 Å². The van der Waals surface area contributed by atoms with Crippen molar-refractivity contribution in [3.8, 4) is 11.5 Å². The minimum atomic E-state index is -0.0923. The van der Waals surface area contributed by atoms with E-state index in [9.17, 15) is 9.59 Å².